The Labute approximate surface area is 239 Å². The number of ether oxygens (including phenoxy) is 1. The Kier molecular flexibility index (Phi) is 6.88. The lowest BCUT2D eigenvalue weighted by atomic mass is 9.85. The number of imidazole rings is 1. The molecule has 1 atom stereocenters. The molecule has 0 spiro atoms. The van der Waals surface area contributed by atoms with E-state index < -0.39 is 17.2 Å². The van der Waals surface area contributed by atoms with Gasteiger partial charge in [0.05, 0.1) is 43.1 Å². The number of nitrogens with two attached hydrogens (primary N) is 2. The van der Waals surface area contributed by atoms with E-state index in [2.05, 4.69) is 29.8 Å². The minimum absolute atomic E-state index is 0.276. The van der Waals surface area contributed by atoms with Gasteiger partial charge >= 0.3 is 0 Å². The fourth-order valence-corrected chi connectivity index (χ4v) is 5.49. The van der Waals surface area contributed by atoms with Crippen LogP contribution in [-0.4, -0.2) is 49.7 Å². The normalized spacial score (nSPS) is 17.2. The summed E-state index contributed by atoms with van der Waals surface area (Å²) in [4.78, 5) is 24.1. The molecular weight excluding hydrogens is 552 g/mol. The summed E-state index contributed by atoms with van der Waals surface area (Å²) >= 11 is 6.24. The summed E-state index contributed by atoms with van der Waals surface area (Å²) in [5.41, 5.74) is 16.4. The van der Waals surface area contributed by atoms with Gasteiger partial charge in [0, 0.05) is 18.7 Å². The minimum atomic E-state index is -0.949. The van der Waals surface area contributed by atoms with Crippen LogP contribution in [0.5, 0.6) is 5.75 Å². The van der Waals surface area contributed by atoms with Crippen LogP contribution in [0.2, 0.25) is 5.15 Å². The average molecular weight is 578 g/mol. The number of nitrogens with zero attached hydrogens (tertiary/aromatic N) is 7. The van der Waals surface area contributed by atoms with Gasteiger partial charge in [-0.05, 0) is 54.8 Å². The summed E-state index contributed by atoms with van der Waals surface area (Å²) in [6.45, 7) is 1.46. The van der Waals surface area contributed by atoms with E-state index in [1.165, 1.54) is 12.4 Å². The van der Waals surface area contributed by atoms with Crippen LogP contribution in [0.4, 0.5) is 20.3 Å². The van der Waals surface area contributed by atoms with Crippen molar-refractivity contribution in [3.05, 3.63) is 83.3 Å². The highest BCUT2D eigenvalue weighted by Crippen LogP contribution is 2.38. The van der Waals surface area contributed by atoms with E-state index in [4.69, 9.17) is 27.8 Å². The molecule has 0 radical (unpaired) electrons. The Hall–Kier alpha value is -4.42. The second kappa shape index (κ2) is 10.5. The second-order valence-electron chi connectivity index (χ2n) is 10.00. The van der Waals surface area contributed by atoms with E-state index in [0.717, 1.165) is 29.8 Å². The maximum Gasteiger partial charge on any atom is 0.165 e. The molecule has 0 aliphatic carbocycles. The lowest BCUT2D eigenvalue weighted by Gasteiger charge is -2.42. The molecule has 0 unspecified atom stereocenters. The Bertz CT molecular complexity index is 1760. The summed E-state index contributed by atoms with van der Waals surface area (Å²) < 4.78 is 35.2. The minimum Gasteiger partial charge on any atom is -0.495 e. The molecule has 6 rings (SSSR count). The zero-order valence-electron chi connectivity index (χ0n) is 22.1. The molecule has 4 aromatic heterocycles. The lowest BCUT2D eigenvalue weighted by Crippen LogP contribution is -2.53. The van der Waals surface area contributed by atoms with Crippen LogP contribution in [-0.2, 0) is 12.1 Å². The molecule has 1 aliphatic rings. The number of nitrogen functional groups attached to an aromatic ring is 1. The molecule has 5 heterocycles. The van der Waals surface area contributed by atoms with Gasteiger partial charge in [-0.3, -0.25) is 4.98 Å². The number of piperidine rings is 1. The van der Waals surface area contributed by atoms with E-state index in [1.807, 2.05) is 10.6 Å². The molecule has 1 saturated heterocycles. The monoisotopic (exact) mass is 577 g/mol. The number of anilines is 2. The van der Waals surface area contributed by atoms with Crippen LogP contribution in [0.3, 0.4) is 0 Å². The topological polar surface area (TPSA) is 134 Å². The van der Waals surface area contributed by atoms with Gasteiger partial charge in [0.1, 0.15) is 28.4 Å². The average Bonchev–Trinajstić information content (AvgIpc) is 3.38. The Morgan fingerprint density at radius 3 is 2.73 bits per heavy atom. The zero-order valence-corrected chi connectivity index (χ0v) is 22.8. The smallest absolute Gasteiger partial charge is 0.165 e. The Morgan fingerprint density at radius 2 is 1.93 bits per heavy atom. The first-order valence-corrected chi connectivity index (χ1v) is 13.2. The molecule has 1 aliphatic heterocycles. The molecule has 210 valence electrons. The van der Waals surface area contributed by atoms with Crippen LogP contribution in [0.1, 0.15) is 24.1 Å². The summed E-state index contributed by atoms with van der Waals surface area (Å²) in [6.07, 6.45) is 6.19. The Balaban J connectivity index is 1.43. The van der Waals surface area contributed by atoms with Crippen LogP contribution < -0.4 is 21.1 Å². The molecular formula is C28H26ClF2N9O. The fraction of sp³-hybridized carbons (Fsp3) is 0.250. The number of rotatable bonds is 6. The van der Waals surface area contributed by atoms with E-state index in [1.54, 1.807) is 31.8 Å². The summed E-state index contributed by atoms with van der Waals surface area (Å²) in [5.74, 6) is -1.04. The van der Waals surface area contributed by atoms with Crippen molar-refractivity contribution >= 4 is 34.3 Å². The van der Waals surface area contributed by atoms with Crippen molar-refractivity contribution in [2.45, 2.75) is 24.9 Å². The number of pyridine rings is 2. The molecule has 10 nitrogen and oxygen atoms in total. The third-order valence-electron chi connectivity index (χ3n) is 7.33. The van der Waals surface area contributed by atoms with E-state index in [-0.39, 0.29) is 5.82 Å². The maximum atomic E-state index is 14.1. The number of halogens is 3. The third kappa shape index (κ3) is 5.00. The summed E-state index contributed by atoms with van der Waals surface area (Å²) in [5, 5.41) is 0.328. The van der Waals surface area contributed by atoms with Gasteiger partial charge in [0.15, 0.2) is 23.1 Å². The quantitative estimate of drug-likeness (QED) is 0.283. The summed E-state index contributed by atoms with van der Waals surface area (Å²) in [7, 11) is 1.57. The lowest BCUT2D eigenvalue weighted by molar-refractivity contribution is 0.321. The molecule has 1 fully saturated rings. The SMILES string of the molecule is COc1ccc(Cl)nc1[C@@]1(N)CCCN(c2cnc(-c3ccc(F)c(F)c3)cc2Cn2cnc3c(N)ncnc32)C1. The number of hydrogen-bond donors (Lipinski definition) is 2. The van der Waals surface area contributed by atoms with E-state index in [9.17, 15) is 8.78 Å². The fourth-order valence-electron chi connectivity index (χ4n) is 5.34. The number of benzene rings is 1. The maximum absolute atomic E-state index is 14.1. The number of methoxy groups -OCH3 is 1. The highest BCUT2D eigenvalue weighted by molar-refractivity contribution is 6.29. The van der Waals surface area contributed by atoms with Crippen molar-refractivity contribution in [2.75, 3.05) is 30.8 Å². The largest absolute Gasteiger partial charge is 0.495 e. The van der Waals surface area contributed by atoms with Gasteiger partial charge in [0.25, 0.3) is 0 Å². The van der Waals surface area contributed by atoms with Crippen LogP contribution in [0.15, 0.2) is 55.2 Å². The van der Waals surface area contributed by atoms with Crippen LogP contribution in [0.25, 0.3) is 22.4 Å². The molecule has 0 amide bonds. The van der Waals surface area contributed by atoms with Gasteiger partial charge in [-0.25, -0.2) is 28.7 Å². The first-order valence-electron chi connectivity index (χ1n) is 12.9. The summed E-state index contributed by atoms with van der Waals surface area (Å²) in [6, 6.07) is 8.99. The molecule has 4 N–H and O–H groups in total. The molecule has 1 aromatic carbocycles. The number of hydrogen-bond acceptors (Lipinski definition) is 9. The first-order chi connectivity index (χ1) is 19.8. The predicted octanol–water partition coefficient (Wildman–Crippen LogP) is 4.31. The van der Waals surface area contributed by atoms with Crippen LogP contribution >= 0.6 is 11.6 Å². The second-order valence-corrected chi connectivity index (χ2v) is 10.4. The van der Waals surface area contributed by atoms with Gasteiger partial charge < -0.3 is 25.7 Å². The van der Waals surface area contributed by atoms with Gasteiger partial charge in [-0.2, -0.15) is 0 Å². The standard InChI is InChI=1S/C28H26ClF2N9O/c1-41-22-5-6-23(29)38-25(22)28(33)7-2-8-39(13-28)21-11-34-20(16-3-4-18(30)19(31)9-16)10-17(21)12-40-15-37-24-26(32)35-14-36-27(24)40/h3-6,9-11,14-15H,2,7-8,12-13,33H2,1H3,(H2,32,35,36)/t28-/m1/s1. The highest BCUT2D eigenvalue weighted by atomic mass is 35.5. The highest BCUT2D eigenvalue weighted by Gasteiger charge is 2.38. The first kappa shape index (κ1) is 26.8. The van der Waals surface area contributed by atoms with Gasteiger partial charge in [0.2, 0.25) is 0 Å². The van der Waals surface area contributed by atoms with Gasteiger partial charge in [-0.15, -0.1) is 0 Å². The van der Waals surface area contributed by atoms with E-state index >= 15 is 0 Å². The van der Waals surface area contributed by atoms with Gasteiger partial charge in [-0.1, -0.05) is 11.6 Å². The van der Waals surface area contributed by atoms with Crippen molar-refractivity contribution in [3.63, 3.8) is 0 Å². The van der Waals surface area contributed by atoms with Crippen molar-refractivity contribution in [2.24, 2.45) is 5.73 Å². The number of aromatic nitrogens is 6. The molecule has 5 aromatic rings. The number of fused-ring (bicyclic) bond motifs is 1. The predicted molar refractivity (Wildman–Crippen MR) is 152 cm³/mol. The molecule has 13 heteroatoms. The van der Waals surface area contributed by atoms with E-state index in [0.29, 0.717) is 65.1 Å². The third-order valence-corrected chi connectivity index (χ3v) is 7.54. The van der Waals surface area contributed by atoms with Crippen molar-refractivity contribution < 1.29 is 13.5 Å². The van der Waals surface area contributed by atoms with Crippen molar-refractivity contribution in [3.8, 4) is 17.0 Å². The zero-order chi connectivity index (χ0) is 28.7. The molecule has 0 bridgehead atoms. The molecule has 0 saturated carbocycles. The Morgan fingerprint density at radius 1 is 1.07 bits per heavy atom. The van der Waals surface area contributed by atoms with Crippen LogP contribution in [0, 0.1) is 11.6 Å². The van der Waals surface area contributed by atoms with Crippen molar-refractivity contribution in [1.82, 2.24) is 29.5 Å². The molecule has 41 heavy (non-hydrogen) atoms. The van der Waals surface area contributed by atoms with Crippen molar-refractivity contribution in [1.29, 1.82) is 0 Å².